The van der Waals surface area contributed by atoms with Crippen molar-refractivity contribution in [3.05, 3.63) is 42.0 Å². The lowest BCUT2D eigenvalue weighted by Gasteiger charge is -2.17. The lowest BCUT2D eigenvalue weighted by atomic mass is 9.80. The molecule has 0 amide bonds. The molecule has 0 atom stereocenters. The summed E-state index contributed by atoms with van der Waals surface area (Å²) in [6.07, 6.45) is 1.14. The third kappa shape index (κ3) is 1.79. The van der Waals surface area contributed by atoms with Gasteiger partial charge in [-0.2, -0.15) is 4.58 Å². The summed E-state index contributed by atoms with van der Waals surface area (Å²) in [5.41, 5.74) is 8.41. The Kier molecular flexibility index (Phi) is 3.14. The monoisotopic (exact) mass is 268 g/mol. The second-order valence-electron chi connectivity index (χ2n) is 6.25. The molecule has 1 aliphatic rings. The Morgan fingerprint density at radius 2 is 1.85 bits per heavy atom. The van der Waals surface area contributed by atoms with Crippen LogP contribution in [0.15, 0.2) is 36.4 Å². The third-order valence-corrected chi connectivity index (χ3v) is 4.76. The number of benzene rings is 2. The van der Waals surface area contributed by atoms with Crippen LogP contribution in [0.1, 0.15) is 32.8 Å². The van der Waals surface area contributed by atoms with E-state index >= 15 is 0 Å². The maximum absolute atomic E-state index is 3.98. The summed E-state index contributed by atoms with van der Waals surface area (Å²) < 4.78 is 2.49. The average molecular weight is 268 g/mol. The lowest BCUT2D eigenvalue weighted by molar-refractivity contribution is -0.452. The van der Waals surface area contributed by atoms with Gasteiger partial charge in [0.1, 0.15) is 0 Å². The zero-order chi connectivity index (χ0) is 14.3. The highest BCUT2D eigenvalue weighted by atomic mass is 15.1. The summed E-state index contributed by atoms with van der Waals surface area (Å²) in [7, 11) is 0. The van der Waals surface area contributed by atoms with Gasteiger partial charge in [0.15, 0.2) is 12.3 Å². The molecule has 2 nitrogen and oxygen atoms in total. The van der Waals surface area contributed by atoms with E-state index in [1.807, 2.05) is 0 Å². The fourth-order valence-electron chi connectivity index (χ4n) is 3.40. The maximum Gasteiger partial charge on any atom is 0.210 e. The van der Waals surface area contributed by atoms with E-state index in [1.54, 1.807) is 0 Å². The molecule has 104 valence electrons. The molecule has 2 heteroatoms. The molecule has 20 heavy (non-hydrogen) atoms. The van der Waals surface area contributed by atoms with Crippen LogP contribution in [0.3, 0.4) is 0 Å². The number of quaternary nitrogens is 1. The van der Waals surface area contributed by atoms with Crippen LogP contribution in [0.25, 0.3) is 10.8 Å². The van der Waals surface area contributed by atoms with Gasteiger partial charge < -0.3 is 5.73 Å². The summed E-state index contributed by atoms with van der Waals surface area (Å²) in [6.45, 7) is 9.03. The molecule has 0 fully saturated rings. The summed E-state index contributed by atoms with van der Waals surface area (Å²) in [5.74, 6) is 0. The van der Waals surface area contributed by atoms with Crippen LogP contribution in [0.2, 0.25) is 0 Å². The van der Waals surface area contributed by atoms with Crippen molar-refractivity contribution < 1.29 is 10.3 Å². The summed E-state index contributed by atoms with van der Waals surface area (Å²) in [6, 6.07) is 13.3. The molecular weight excluding hydrogens is 244 g/mol. The Hall–Kier alpha value is -1.67. The number of fused-ring (bicyclic) bond motifs is 3. The van der Waals surface area contributed by atoms with Gasteiger partial charge in [0.25, 0.3) is 0 Å². The van der Waals surface area contributed by atoms with Crippen LogP contribution in [0, 0.1) is 0 Å². The molecule has 3 N–H and O–H groups in total. The van der Waals surface area contributed by atoms with E-state index in [9.17, 15) is 0 Å². The lowest BCUT2D eigenvalue weighted by Crippen LogP contribution is -2.50. The topological polar surface area (TPSA) is 30.6 Å². The van der Waals surface area contributed by atoms with Gasteiger partial charge in [-0.05, 0) is 30.7 Å². The summed E-state index contributed by atoms with van der Waals surface area (Å²) in [4.78, 5) is 0. The molecular formula is C18H24N2+2. The van der Waals surface area contributed by atoms with E-state index in [0.717, 1.165) is 19.5 Å². The molecule has 2 aromatic carbocycles. The van der Waals surface area contributed by atoms with E-state index in [0.29, 0.717) is 0 Å². The van der Waals surface area contributed by atoms with Crippen molar-refractivity contribution in [2.45, 2.75) is 32.6 Å². The molecule has 2 aromatic rings. The van der Waals surface area contributed by atoms with Gasteiger partial charge in [-0.1, -0.05) is 24.3 Å². The summed E-state index contributed by atoms with van der Waals surface area (Å²) in [5, 5.41) is 2.73. The third-order valence-electron chi connectivity index (χ3n) is 4.76. The molecule has 0 saturated carbocycles. The zero-order valence-electron chi connectivity index (χ0n) is 12.7. The Morgan fingerprint density at radius 3 is 2.60 bits per heavy atom. The minimum absolute atomic E-state index is 0.108. The first-order valence-corrected chi connectivity index (χ1v) is 7.50. The molecule has 0 spiro atoms. The first kappa shape index (κ1) is 13.3. The highest BCUT2D eigenvalue weighted by molar-refractivity contribution is 6.01. The van der Waals surface area contributed by atoms with Crippen molar-refractivity contribution in [3.63, 3.8) is 0 Å². The maximum atomic E-state index is 3.98. The molecule has 0 saturated heterocycles. The predicted molar refractivity (Wildman–Crippen MR) is 84.8 cm³/mol. The molecule has 0 radical (unpaired) electrons. The molecule has 0 aromatic heterocycles. The quantitative estimate of drug-likeness (QED) is 0.830. The predicted octanol–water partition coefficient (Wildman–Crippen LogP) is 2.87. The molecule has 0 bridgehead atoms. The smallest absolute Gasteiger partial charge is 0.210 e. The van der Waals surface area contributed by atoms with E-state index < -0.39 is 0 Å². The van der Waals surface area contributed by atoms with Crippen LogP contribution < -0.4 is 5.73 Å². The Morgan fingerprint density at radius 1 is 1.10 bits per heavy atom. The molecule has 1 heterocycles. The van der Waals surface area contributed by atoms with E-state index in [4.69, 9.17) is 0 Å². The van der Waals surface area contributed by atoms with Crippen molar-refractivity contribution in [1.82, 2.24) is 0 Å². The minimum Gasteiger partial charge on any atom is -0.357 e. The van der Waals surface area contributed by atoms with Gasteiger partial charge in [-0.15, -0.1) is 0 Å². The van der Waals surface area contributed by atoms with E-state index in [2.05, 4.69) is 67.5 Å². The Bertz CT molecular complexity index is 696. The van der Waals surface area contributed by atoms with Crippen LogP contribution >= 0.6 is 0 Å². The standard InChI is InChI=1S/C18H23N2/c1-13-18(2,3)17-15-8-5-4-7-14(15)9-10-16(17)20(13)12-6-11-19/h4-5,7-10H,6,11-12,19H2,1-3H3/q+1/p+1. The average Bonchev–Trinajstić information content (AvgIpc) is 2.65. The SMILES string of the molecule is CC1=[N+](CCC[NH3+])c2ccc3ccccc3c2C1(C)C. The van der Waals surface area contributed by atoms with Gasteiger partial charge in [0.05, 0.1) is 18.4 Å². The largest absolute Gasteiger partial charge is 0.357 e. The molecule has 1 aliphatic heterocycles. The van der Waals surface area contributed by atoms with Crippen molar-refractivity contribution in [2.75, 3.05) is 13.1 Å². The van der Waals surface area contributed by atoms with Crippen molar-refractivity contribution in [3.8, 4) is 0 Å². The van der Waals surface area contributed by atoms with Crippen molar-refractivity contribution >= 4 is 22.2 Å². The molecule has 0 aliphatic carbocycles. The van der Waals surface area contributed by atoms with Gasteiger partial charge in [-0.25, -0.2) is 0 Å². The minimum atomic E-state index is 0.108. The Labute approximate surface area is 120 Å². The number of hydrogen-bond donors (Lipinski definition) is 1. The fraction of sp³-hybridized carbons (Fsp3) is 0.389. The highest BCUT2D eigenvalue weighted by Gasteiger charge is 2.43. The van der Waals surface area contributed by atoms with Crippen molar-refractivity contribution in [2.24, 2.45) is 0 Å². The molecule has 3 rings (SSSR count). The number of hydrogen-bond acceptors (Lipinski definition) is 0. The second kappa shape index (κ2) is 4.71. The van der Waals surface area contributed by atoms with Crippen LogP contribution in [0.5, 0.6) is 0 Å². The van der Waals surface area contributed by atoms with Gasteiger partial charge in [0, 0.05) is 18.6 Å². The first-order valence-electron chi connectivity index (χ1n) is 7.50. The second-order valence-corrected chi connectivity index (χ2v) is 6.25. The molecule has 0 unspecified atom stereocenters. The van der Waals surface area contributed by atoms with Crippen molar-refractivity contribution in [1.29, 1.82) is 0 Å². The summed E-state index contributed by atoms with van der Waals surface area (Å²) >= 11 is 0. The van der Waals surface area contributed by atoms with Gasteiger partial charge in [-0.3, -0.25) is 0 Å². The zero-order valence-corrected chi connectivity index (χ0v) is 12.7. The first-order chi connectivity index (χ1) is 9.57. The van der Waals surface area contributed by atoms with E-state index in [-0.39, 0.29) is 5.41 Å². The Balaban J connectivity index is 2.25. The van der Waals surface area contributed by atoms with Gasteiger partial charge >= 0.3 is 0 Å². The highest BCUT2D eigenvalue weighted by Crippen LogP contribution is 2.43. The van der Waals surface area contributed by atoms with Gasteiger partial charge in [0.2, 0.25) is 5.69 Å². The number of nitrogens with zero attached hydrogens (tertiary/aromatic N) is 1. The van der Waals surface area contributed by atoms with Crippen LogP contribution in [0.4, 0.5) is 5.69 Å². The normalized spacial score (nSPS) is 16.8. The van der Waals surface area contributed by atoms with E-state index in [1.165, 1.54) is 27.7 Å². The van der Waals surface area contributed by atoms with Crippen LogP contribution in [-0.4, -0.2) is 23.4 Å². The van der Waals surface area contributed by atoms with Crippen LogP contribution in [-0.2, 0) is 5.41 Å². The number of rotatable bonds is 3. The fourth-order valence-corrected chi connectivity index (χ4v) is 3.40.